The number of pyridine rings is 2. The Morgan fingerprint density at radius 3 is 1.02 bits per heavy atom. The predicted octanol–water partition coefficient (Wildman–Crippen LogP) is 11.3. The van der Waals surface area contributed by atoms with Gasteiger partial charge in [-0.05, 0) is 91.5 Å². The van der Waals surface area contributed by atoms with Gasteiger partial charge < -0.3 is 9.13 Å². The Kier molecular flexibility index (Phi) is 7.10. The van der Waals surface area contributed by atoms with Crippen LogP contribution in [0, 0.1) is 0 Å². The Morgan fingerprint density at radius 2 is 0.651 bits per heavy atom. The molecule has 2 aliphatic heterocycles. The van der Waals surface area contributed by atoms with Crippen LogP contribution in [0.3, 0.4) is 0 Å². The summed E-state index contributed by atoms with van der Waals surface area (Å²) in [6.07, 6.45) is 7.78. The smallest absolute Gasteiger partial charge is 0.182 e. The molecule has 12 aromatic rings. The Bertz CT molecular complexity index is 3500. The molecule has 8 aromatic carbocycles. The van der Waals surface area contributed by atoms with Gasteiger partial charge in [0.2, 0.25) is 0 Å². The van der Waals surface area contributed by atoms with Crippen molar-refractivity contribution in [2.45, 2.75) is 0 Å². The zero-order valence-electron chi connectivity index (χ0n) is 34.1. The molecule has 0 radical (unpaired) electrons. The van der Waals surface area contributed by atoms with Crippen molar-refractivity contribution in [3.05, 3.63) is 219 Å². The maximum absolute atomic E-state index is 4.66. The molecule has 0 aliphatic carbocycles. The largest absolute Gasteiger partial charge is 0.309 e. The predicted molar refractivity (Wildman–Crippen MR) is 263 cm³/mol. The van der Waals surface area contributed by atoms with Crippen LogP contribution in [0.5, 0.6) is 0 Å². The van der Waals surface area contributed by atoms with Crippen LogP contribution in [0.15, 0.2) is 219 Å². The Labute approximate surface area is 364 Å². The van der Waals surface area contributed by atoms with E-state index < -0.39 is 8.07 Å². The maximum atomic E-state index is 4.66. The topological polar surface area (TPSA) is 35.6 Å². The summed E-state index contributed by atoms with van der Waals surface area (Å²) in [6.45, 7) is 0. The highest BCUT2D eigenvalue weighted by Crippen LogP contribution is 2.48. The Balaban J connectivity index is 1.20. The normalized spacial score (nSPS) is 13.2. The third kappa shape index (κ3) is 4.48. The van der Waals surface area contributed by atoms with Gasteiger partial charge in [0.25, 0.3) is 0 Å². The summed E-state index contributed by atoms with van der Waals surface area (Å²) in [5.74, 6) is 0. The molecule has 0 unspecified atom stereocenters. The van der Waals surface area contributed by atoms with Crippen LogP contribution < -0.4 is 20.7 Å². The fraction of sp³-hybridized carbons (Fsp3) is 0. The highest BCUT2D eigenvalue weighted by molar-refractivity contribution is 7.24. The van der Waals surface area contributed by atoms with Crippen molar-refractivity contribution in [2.75, 3.05) is 0 Å². The average Bonchev–Trinajstić information content (AvgIpc) is 4.07. The molecule has 0 saturated heterocycles. The second-order valence-corrected chi connectivity index (χ2v) is 20.5. The van der Waals surface area contributed by atoms with Crippen molar-refractivity contribution in [3.63, 3.8) is 0 Å². The first-order valence-corrected chi connectivity index (χ1v) is 23.6. The summed E-state index contributed by atoms with van der Waals surface area (Å²) in [7, 11) is -3.11. The van der Waals surface area contributed by atoms with Crippen LogP contribution in [0.1, 0.15) is 0 Å². The lowest BCUT2D eigenvalue weighted by Crippen LogP contribution is -2.70. The lowest BCUT2D eigenvalue weighted by Gasteiger charge is -2.28. The molecule has 6 heterocycles. The maximum Gasteiger partial charge on any atom is 0.182 e. The number of benzene rings is 8. The minimum absolute atomic E-state index is 1.11. The van der Waals surface area contributed by atoms with E-state index in [9.17, 15) is 0 Å². The van der Waals surface area contributed by atoms with Crippen molar-refractivity contribution in [3.8, 4) is 55.9 Å². The van der Waals surface area contributed by atoms with E-state index in [0.717, 1.165) is 11.1 Å². The second kappa shape index (κ2) is 12.9. The van der Waals surface area contributed by atoms with Crippen molar-refractivity contribution < 1.29 is 0 Å². The molecule has 0 amide bonds. The molecule has 5 heteroatoms. The van der Waals surface area contributed by atoms with Crippen molar-refractivity contribution >= 4 is 72.4 Å². The first kappa shape index (κ1) is 34.6. The summed E-state index contributed by atoms with van der Waals surface area (Å²) in [6, 6.07) is 72.6. The highest BCUT2D eigenvalue weighted by atomic mass is 28.3. The molecule has 292 valence electrons. The van der Waals surface area contributed by atoms with Gasteiger partial charge in [-0.1, -0.05) is 146 Å². The van der Waals surface area contributed by atoms with E-state index in [0.29, 0.717) is 0 Å². The highest BCUT2D eigenvalue weighted by Gasteiger charge is 2.56. The molecular formula is C58H36N4Si. The van der Waals surface area contributed by atoms with Gasteiger partial charge in [0.1, 0.15) is 0 Å². The van der Waals surface area contributed by atoms with Crippen molar-refractivity contribution in [1.29, 1.82) is 0 Å². The Morgan fingerprint density at radius 1 is 0.302 bits per heavy atom. The van der Waals surface area contributed by atoms with Gasteiger partial charge in [-0.2, -0.15) is 0 Å². The number of fused-ring (bicyclic) bond motifs is 16. The van der Waals surface area contributed by atoms with Crippen LogP contribution >= 0.6 is 0 Å². The fourth-order valence-electron chi connectivity index (χ4n) is 11.6. The van der Waals surface area contributed by atoms with Gasteiger partial charge in [0.15, 0.2) is 8.07 Å². The number of nitrogens with zero attached hydrogens (tertiary/aromatic N) is 4. The van der Waals surface area contributed by atoms with E-state index in [4.69, 9.17) is 0 Å². The third-order valence-corrected chi connectivity index (χ3v) is 18.8. The van der Waals surface area contributed by atoms with Gasteiger partial charge in [0.05, 0.1) is 33.4 Å². The molecule has 0 fully saturated rings. The zero-order valence-corrected chi connectivity index (χ0v) is 35.1. The molecular weight excluding hydrogens is 781 g/mol. The van der Waals surface area contributed by atoms with Crippen molar-refractivity contribution in [2.24, 2.45) is 0 Å². The van der Waals surface area contributed by atoms with Gasteiger partial charge in [0, 0.05) is 68.6 Å². The summed E-state index contributed by atoms with van der Waals surface area (Å²) in [5.41, 5.74) is 17.1. The zero-order chi connectivity index (χ0) is 41.2. The van der Waals surface area contributed by atoms with Crippen LogP contribution in [0.25, 0.3) is 99.5 Å². The minimum atomic E-state index is -3.11. The summed E-state index contributed by atoms with van der Waals surface area (Å²) >= 11 is 0. The van der Waals surface area contributed by atoms with Crippen molar-refractivity contribution in [1.82, 2.24) is 19.1 Å². The number of rotatable bonds is 4. The molecule has 0 bridgehead atoms. The van der Waals surface area contributed by atoms with E-state index in [-0.39, 0.29) is 0 Å². The monoisotopic (exact) mass is 816 g/mol. The standard InChI is InChI=1S/C58H36N4Si/c1-5-23-45-41(17-1)42-18-2-6-24-46(42)61(45)49-27-11-31-53-57(49)58-50(62-47-25-7-3-19-43(47)44-20-4-8-26-48(44)62)28-12-32-54(58)63(53)51-29-9-21-39(37-15-13-33-59-35-37)55(51)56-40(22-10-30-52(56)63)38-16-14-34-60-36-38/h1-36H. The minimum Gasteiger partial charge on any atom is -0.309 e. The van der Waals surface area contributed by atoms with Gasteiger partial charge in [-0.15, -0.1) is 0 Å². The van der Waals surface area contributed by atoms with E-state index in [2.05, 4.69) is 213 Å². The van der Waals surface area contributed by atoms with Crippen LogP contribution in [0.2, 0.25) is 0 Å². The van der Waals surface area contributed by atoms with E-state index in [1.165, 1.54) is 109 Å². The number of hydrogen-bond donors (Lipinski definition) is 0. The molecule has 0 atom stereocenters. The van der Waals surface area contributed by atoms with Gasteiger partial charge >= 0.3 is 0 Å². The molecule has 4 nitrogen and oxygen atoms in total. The summed E-state index contributed by atoms with van der Waals surface area (Å²) < 4.78 is 5.08. The molecule has 0 saturated carbocycles. The summed E-state index contributed by atoms with van der Waals surface area (Å²) in [4.78, 5) is 9.32. The second-order valence-electron chi connectivity index (χ2n) is 16.8. The lowest BCUT2D eigenvalue weighted by atomic mass is 9.90. The first-order chi connectivity index (χ1) is 31.3. The molecule has 2 aliphatic rings. The molecule has 63 heavy (non-hydrogen) atoms. The van der Waals surface area contributed by atoms with E-state index in [1.807, 2.05) is 24.8 Å². The SMILES string of the molecule is c1cncc(-c2cccc3c2-c2c(-c4cccnc4)cccc2[Si]32c3cccc(-n4c5ccccc5c5ccccc54)c3-c3c(-n4c5ccccc5c5ccccc54)cccc32)c1. The molecule has 14 rings (SSSR count). The average molecular weight is 817 g/mol. The number of hydrogen-bond acceptors (Lipinski definition) is 2. The quantitative estimate of drug-likeness (QED) is 0.166. The van der Waals surface area contributed by atoms with E-state index in [1.54, 1.807) is 0 Å². The van der Waals surface area contributed by atoms with Gasteiger partial charge in [-0.25, -0.2) is 0 Å². The van der Waals surface area contributed by atoms with Gasteiger partial charge in [-0.3, -0.25) is 9.97 Å². The lowest BCUT2D eigenvalue weighted by molar-refractivity contribution is 1.17. The summed E-state index contributed by atoms with van der Waals surface area (Å²) in [5, 5.41) is 10.7. The molecule has 1 spiro atoms. The number of aromatic nitrogens is 4. The number of para-hydroxylation sites is 4. The van der Waals surface area contributed by atoms with Crippen LogP contribution in [-0.4, -0.2) is 27.2 Å². The van der Waals surface area contributed by atoms with Crippen LogP contribution in [-0.2, 0) is 0 Å². The fourth-order valence-corrected chi connectivity index (χ4v) is 17.3. The van der Waals surface area contributed by atoms with Crippen LogP contribution in [0.4, 0.5) is 0 Å². The molecule has 0 N–H and O–H groups in total. The third-order valence-electron chi connectivity index (χ3n) is 13.9. The first-order valence-electron chi connectivity index (χ1n) is 21.6. The van der Waals surface area contributed by atoms with E-state index >= 15 is 0 Å². The Hall–Kier alpha value is -8.12. The molecule has 4 aromatic heterocycles.